The van der Waals surface area contributed by atoms with Crippen LogP contribution < -0.4 is 5.32 Å². The molecular weight excluding hydrogens is 286 g/mol. The van der Waals surface area contributed by atoms with Crippen LogP contribution in [0.3, 0.4) is 0 Å². The van der Waals surface area contributed by atoms with E-state index in [0.29, 0.717) is 5.02 Å². The summed E-state index contributed by atoms with van der Waals surface area (Å²) in [6, 6.07) is 7.59. The highest BCUT2D eigenvalue weighted by molar-refractivity contribution is 6.30. The van der Waals surface area contributed by atoms with Crippen molar-refractivity contribution in [2.45, 2.75) is 6.04 Å². The van der Waals surface area contributed by atoms with E-state index in [2.05, 4.69) is 20.3 Å². The summed E-state index contributed by atoms with van der Waals surface area (Å²) in [6.07, 6.45) is 8.65. The average Bonchev–Trinajstić information content (AvgIpc) is 2.92. The minimum Gasteiger partial charge on any atom is -0.369 e. The smallest absolute Gasteiger partial charge is 0.135 e. The van der Waals surface area contributed by atoms with Crippen molar-refractivity contribution in [1.82, 2.24) is 19.5 Å². The van der Waals surface area contributed by atoms with Crippen LogP contribution in [0.1, 0.15) is 17.4 Å². The normalized spacial score (nSPS) is 12.1. The Kier molecular flexibility index (Phi) is 3.83. The molecule has 6 heteroatoms. The maximum atomic E-state index is 6.11. The minimum absolute atomic E-state index is 0.130. The van der Waals surface area contributed by atoms with Crippen LogP contribution in [0.2, 0.25) is 5.02 Å². The first-order valence-electron chi connectivity index (χ1n) is 6.48. The highest BCUT2D eigenvalue weighted by Gasteiger charge is 2.18. The topological polar surface area (TPSA) is 55.6 Å². The zero-order valence-electron chi connectivity index (χ0n) is 11.4. The lowest BCUT2D eigenvalue weighted by Gasteiger charge is -2.20. The number of rotatable bonds is 4. The first-order chi connectivity index (χ1) is 10.2. The number of benzene rings is 1. The fourth-order valence-electron chi connectivity index (χ4n) is 2.18. The molecule has 2 heterocycles. The minimum atomic E-state index is -0.130. The Morgan fingerprint density at radius 2 is 2.05 bits per heavy atom. The Balaban J connectivity index is 2.01. The van der Waals surface area contributed by atoms with Gasteiger partial charge in [-0.05, 0) is 17.7 Å². The van der Waals surface area contributed by atoms with E-state index in [9.17, 15) is 0 Å². The zero-order valence-corrected chi connectivity index (χ0v) is 12.2. The van der Waals surface area contributed by atoms with Gasteiger partial charge >= 0.3 is 0 Å². The van der Waals surface area contributed by atoms with E-state index >= 15 is 0 Å². The molecule has 1 aromatic carbocycles. The number of hydrogen-bond acceptors (Lipinski definition) is 4. The summed E-state index contributed by atoms with van der Waals surface area (Å²) in [5, 5.41) is 4.09. The van der Waals surface area contributed by atoms with Crippen LogP contribution in [0, 0.1) is 0 Å². The van der Waals surface area contributed by atoms with Gasteiger partial charge in [-0.25, -0.2) is 15.0 Å². The Hall–Kier alpha value is -2.40. The largest absolute Gasteiger partial charge is 0.369 e. The molecule has 0 fully saturated rings. The predicted molar refractivity (Wildman–Crippen MR) is 82.2 cm³/mol. The third kappa shape index (κ3) is 3.03. The standard InChI is InChI=1S/C15H14ClN5/c1-21-6-5-19-15(21)14(11-3-2-4-12(16)7-11)20-13-8-17-10-18-9-13/h2-10,14,20H,1H3. The second kappa shape index (κ2) is 5.93. The van der Waals surface area contributed by atoms with Gasteiger partial charge in [0.15, 0.2) is 0 Å². The van der Waals surface area contributed by atoms with Gasteiger partial charge in [-0.15, -0.1) is 0 Å². The van der Waals surface area contributed by atoms with E-state index in [1.54, 1.807) is 18.6 Å². The van der Waals surface area contributed by atoms with Crippen molar-refractivity contribution < 1.29 is 0 Å². The second-order valence-electron chi connectivity index (χ2n) is 4.66. The van der Waals surface area contributed by atoms with Crippen molar-refractivity contribution >= 4 is 17.3 Å². The van der Waals surface area contributed by atoms with Gasteiger partial charge in [0.1, 0.15) is 18.2 Å². The van der Waals surface area contributed by atoms with Crippen molar-refractivity contribution in [2.75, 3.05) is 5.32 Å². The van der Waals surface area contributed by atoms with Gasteiger partial charge in [0.25, 0.3) is 0 Å². The lowest BCUT2D eigenvalue weighted by molar-refractivity contribution is 0.747. The molecule has 0 aliphatic carbocycles. The number of imidazole rings is 1. The zero-order chi connectivity index (χ0) is 14.7. The van der Waals surface area contributed by atoms with E-state index in [0.717, 1.165) is 17.1 Å². The van der Waals surface area contributed by atoms with E-state index < -0.39 is 0 Å². The maximum Gasteiger partial charge on any atom is 0.135 e. The number of hydrogen-bond donors (Lipinski definition) is 1. The highest BCUT2D eigenvalue weighted by Crippen LogP contribution is 2.26. The fraction of sp³-hybridized carbons (Fsp3) is 0.133. The van der Waals surface area contributed by atoms with Crippen molar-refractivity contribution in [3.8, 4) is 0 Å². The van der Waals surface area contributed by atoms with Crippen LogP contribution in [0.15, 0.2) is 55.4 Å². The number of nitrogens with one attached hydrogen (secondary N) is 1. The molecule has 2 aromatic heterocycles. The molecule has 3 rings (SSSR count). The first kappa shape index (κ1) is 13.6. The second-order valence-corrected chi connectivity index (χ2v) is 5.09. The number of anilines is 1. The SMILES string of the molecule is Cn1ccnc1C(Nc1cncnc1)c1cccc(Cl)c1. The van der Waals surface area contributed by atoms with Crippen molar-refractivity contribution in [3.05, 3.63) is 71.8 Å². The van der Waals surface area contributed by atoms with Crippen LogP contribution in [0.5, 0.6) is 0 Å². The van der Waals surface area contributed by atoms with Gasteiger partial charge < -0.3 is 9.88 Å². The van der Waals surface area contributed by atoms with Crippen LogP contribution in [-0.4, -0.2) is 19.5 Å². The van der Waals surface area contributed by atoms with Crippen LogP contribution in [0.25, 0.3) is 0 Å². The molecule has 0 aliphatic heterocycles. The lowest BCUT2D eigenvalue weighted by Crippen LogP contribution is -2.17. The van der Waals surface area contributed by atoms with Gasteiger partial charge in [0.05, 0.1) is 18.1 Å². The first-order valence-corrected chi connectivity index (χ1v) is 6.86. The fourth-order valence-corrected chi connectivity index (χ4v) is 2.38. The quantitative estimate of drug-likeness (QED) is 0.804. The van der Waals surface area contributed by atoms with Crippen molar-refractivity contribution in [2.24, 2.45) is 7.05 Å². The van der Waals surface area contributed by atoms with E-state index in [1.807, 2.05) is 42.1 Å². The Morgan fingerprint density at radius 1 is 1.24 bits per heavy atom. The van der Waals surface area contributed by atoms with Gasteiger partial charge in [-0.3, -0.25) is 0 Å². The maximum absolute atomic E-state index is 6.11. The summed E-state index contributed by atoms with van der Waals surface area (Å²) in [5.41, 5.74) is 1.85. The molecule has 3 aromatic rings. The molecule has 106 valence electrons. The summed E-state index contributed by atoms with van der Waals surface area (Å²) in [5.74, 6) is 0.890. The number of halogens is 1. The number of aryl methyl sites for hydroxylation is 1. The summed E-state index contributed by atoms with van der Waals surface area (Å²) < 4.78 is 1.97. The summed E-state index contributed by atoms with van der Waals surface area (Å²) in [7, 11) is 1.96. The van der Waals surface area contributed by atoms with Crippen LogP contribution in [0.4, 0.5) is 5.69 Å². The molecule has 0 saturated carbocycles. The predicted octanol–water partition coefficient (Wildman–Crippen LogP) is 3.07. The molecule has 1 N–H and O–H groups in total. The third-order valence-corrected chi connectivity index (χ3v) is 3.41. The molecule has 0 bridgehead atoms. The molecule has 21 heavy (non-hydrogen) atoms. The average molecular weight is 300 g/mol. The molecule has 1 atom stereocenters. The summed E-state index contributed by atoms with van der Waals surface area (Å²) in [4.78, 5) is 12.5. The Morgan fingerprint density at radius 3 is 2.71 bits per heavy atom. The molecule has 1 unspecified atom stereocenters. The van der Waals surface area contributed by atoms with Gasteiger partial charge in [0.2, 0.25) is 0 Å². The lowest BCUT2D eigenvalue weighted by atomic mass is 10.1. The number of nitrogens with zero attached hydrogens (tertiary/aromatic N) is 4. The van der Waals surface area contributed by atoms with Gasteiger partial charge in [0, 0.05) is 24.5 Å². The van der Waals surface area contributed by atoms with E-state index in [4.69, 9.17) is 11.6 Å². The van der Waals surface area contributed by atoms with Crippen LogP contribution in [-0.2, 0) is 7.05 Å². The molecule has 0 spiro atoms. The van der Waals surface area contributed by atoms with Crippen molar-refractivity contribution in [1.29, 1.82) is 0 Å². The monoisotopic (exact) mass is 299 g/mol. The Bertz CT molecular complexity index is 726. The van der Waals surface area contributed by atoms with Crippen molar-refractivity contribution in [3.63, 3.8) is 0 Å². The number of aromatic nitrogens is 4. The van der Waals surface area contributed by atoms with Crippen LogP contribution >= 0.6 is 11.6 Å². The molecule has 0 radical (unpaired) electrons. The summed E-state index contributed by atoms with van der Waals surface area (Å²) in [6.45, 7) is 0. The van der Waals surface area contributed by atoms with E-state index in [1.165, 1.54) is 6.33 Å². The third-order valence-electron chi connectivity index (χ3n) is 3.17. The molecule has 0 aliphatic rings. The highest BCUT2D eigenvalue weighted by atomic mass is 35.5. The molecule has 5 nitrogen and oxygen atoms in total. The van der Waals surface area contributed by atoms with Gasteiger partial charge in [-0.1, -0.05) is 23.7 Å². The Labute approximate surface area is 127 Å². The molecule has 0 saturated heterocycles. The summed E-state index contributed by atoms with van der Waals surface area (Å²) >= 11 is 6.11. The molecular formula is C15H14ClN5. The van der Waals surface area contributed by atoms with E-state index in [-0.39, 0.29) is 6.04 Å². The molecule has 0 amide bonds. The van der Waals surface area contributed by atoms with Gasteiger partial charge in [-0.2, -0.15) is 0 Å².